The van der Waals surface area contributed by atoms with E-state index in [0.29, 0.717) is 13.0 Å². The Balaban J connectivity index is 2.58. The van der Waals surface area contributed by atoms with Crippen LogP contribution in [0.25, 0.3) is 0 Å². The van der Waals surface area contributed by atoms with Crippen molar-refractivity contribution in [3.8, 4) is 0 Å². The van der Waals surface area contributed by atoms with Gasteiger partial charge in [-0.3, -0.25) is 15.3 Å². The van der Waals surface area contributed by atoms with Crippen LogP contribution in [0.15, 0.2) is 0 Å². The molecule has 0 bridgehead atoms. The van der Waals surface area contributed by atoms with Crippen LogP contribution in [0.1, 0.15) is 20.3 Å². The zero-order chi connectivity index (χ0) is 8.43. The molecule has 1 atom stereocenters. The summed E-state index contributed by atoms with van der Waals surface area (Å²) in [6.45, 7) is 4.58. The third-order valence-electron chi connectivity index (χ3n) is 1.84. The predicted molar refractivity (Wildman–Crippen MR) is 39.9 cm³/mol. The molecular weight excluding hydrogens is 144 g/mol. The minimum absolute atomic E-state index is 0.192. The summed E-state index contributed by atoms with van der Waals surface area (Å²) in [6.07, 6.45) is 0.177. The standard InChI is InChI=1S/C7H14N2O2/c1-5(2)7-8-4-3-6(10)9(7)11/h5,7-8,11H,3-4H2,1-2H3. The fourth-order valence-corrected chi connectivity index (χ4v) is 1.20. The van der Waals surface area contributed by atoms with E-state index in [2.05, 4.69) is 5.32 Å². The lowest BCUT2D eigenvalue weighted by Crippen LogP contribution is -2.55. The van der Waals surface area contributed by atoms with Crippen molar-refractivity contribution in [1.82, 2.24) is 10.4 Å². The summed E-state index contributed by atoms with van der Waals surface area (Å²) in [5.74, 6) is 0.0479. The molecule has 0 saturated carbocycles. The third-order valence-corrected chi connectivity index (χ3v) is 1.84. The Bertz CT molecular complexity index is 159. The van der Waals surface area contributed by atoms with Crippen LogP contribution in [0.5, 0.6) is 0 Å². The van der Waals surface area contributed by atoms with Crippen molar-refractivity contribution in [1.29, 1.82) is 0 Å². The minimum atomic E-state index is -0.212. The van der Waals surface area contributed by atoms with Gasteiger partial charge < -0.3 is 0 Å². The molecule has 0 spiro atoms. The highest BCUT2D eigenvalue weighted by atomic mass is 16.5. The predicted octanol–water partition coefficient (Wildman–Crippen LogP) is 0.180. The van der Waals surface area contributed by atoms with Crippen molar-refractivity contribution >= 4 is 5.91 Å². The van der Waals surface area contributed by atoms with E-state index in [1.54, 1.807) is 0 Å². The highest BCUT2D eigenvalue weighted by molar-refractivity contribution is 5.76. The van der Waals surface area contributed by atoms with E-state index < -0.39 is 0 Å². The van der Waals surface area contributed by atoms with Crippen LogP contribution >= 0.6 is 0 Å². The van der Waals surface area contributed by atoms with Crippen molar-refractivity contribution in [3.63, 3.8) is 0 Å². The van der Waals surface area contributed by atoms with Crippen LogP contribution < -0.4 is 5.32 Å². The van der Waals surface area contributed by atoms with Crippen LogP contribution in [-0.2, 0) is 4.79 Å². The van der Waals surface area contributed by atoms with Crippen LogP contribution in [-0.4, -0.2) is 28.9 Å². The molecule has 1 aliphatic rings. The van der Waals surface area contributed by atoms with Gasteiger partial charge in [0.25, 0.3) is 0 Å². The minimum Gasteiger partial charge on any atom is -0.295 e. The average Bonchev–Trinajstić information content (AvgIpc) is 1.94. The van der Waals surface area contributed by atoms with Gasteiger partial charge in [0.2, 0.25) is 5.91 Å². The molecule has 1 unspecified atom stereocenters. The van der Waals surface area contributed by atoms with Crippen molar-refractivity contribution in [2.75, 3.05) is 6.54 Å². The molecule has 1 aliphatic heterocycles. The first-order valence-electron chi connectivity index (χ1n) is 3.87. The topological polar surface area (TPSA) is 52.6 Å². The number of carbonyl (C=O) groups is 1. The van der Waals surface area contributed by atoms with Crippen LogP contribution in [0.4, 0.5) is 0 Å². The Morgan fingerprint density at radius 2 is 2.36 bits per heavy atom. The van der Waals surface area contributed by atoms with Crippen molar-refractivity contribution < 1.29 is 10.0 Å². The van der Waals surface area contributed by atoms with Gasteiger partial charge in [0, 0.05) is 13.0 Å². The number of nitrogens with zero attached hydrogens (tertiary/aromatic N) is 1. The molecule has 0 aliphatic carbocycles. The second kappa shape index (κ2) is 3.19. The lowest BCUT2D eigenvalue weighted by molar-refractivity contribution is -0.189. The van der Waals surface area contributed by atoms with E-state index in [1.165, 1.54) is 0 Å². The third kappa shape index (κ3) is 1.70. The summed E-state index contributed by atoms with van der Waals surface area (Å²) in [6, 6.07) is 0. The fraction of sp³-hybridized carbons (Fsp3) is 0.857. The van der Waals surface area contributed by atoms with Gasteiger partial charge in [0.15, 0.2) is 0 Å². The number of carbonyl (C=O) groups excluding carboxylic acids is 1. The molecule has 4 heteroatoms. The first-order chi connectivity index (χ1) is 5.13. The maximum atomic E-state index is 10.9. The molecule has 64 valence electrons. The summed E-state index contributed by atoms with van der Waals surface area (Å²) in [4.78, 5) is 10.9. The van der Waals surface area contributed by atoms with E-state index in [0.717, 1.165) is 5.06 Å². The zero-order valence-electron chi connectivity index (χ0n) is 6.87. The normalized spacial score (nSPS) is 26.4. The molecule has 4 nitrogen and oxygen atoms in total. The van der Waals surface area contributed by atoms with Gasteiger partial charge in [-0.05, 0) is 5.92 Å². The molecule has 1 amide bonds. The lowest BCUT2D eigenvalue weighted by atomic mass is 10.1. The molecule has 11 heavy (non-hydrogen) atoms. The maximum absolute atomic E-state index is 10.9. The number of nitrogens with one attached hydrogen (secondary N) is 1. The van der Waals surface area contributed by atoms with Gasteiger partial charge >= 0.3 is 0 Å². The van der Waals surface area contributed by atoms with Gasteiger partial charge in [-0.15, -0.1) is 0 Å². The Hall–Kier alpha value is -0.610. The smallest absolute Gasteiger partial charge is 0.248 e. The number of hydrogen-bond donors (Lipinski definition) is 2. The molecule has 1 rings (SSSR count). The first-order valence-corrected chi connectivity index (χ1v) is 3.87. The molecule has 1 saturated heterocycles. The molecule has 2 N–H and O–H groups in total. The largest absolute Gasteiger partial charge is 0.295 e. The highest BCUT2D eigenvalue weighted by Crippen LogP contribution is 2.10. The monoisotopic (exact) mass is 158 g/mol. The summed E-state index contributed by atoms with van der Waals surface area (Å²) in [7, 11) is 0. The van der Waals surface area contributed by atoms with Gasteiger partial charge in [-0.25, -0.2) is 5.06 Å². The molecule has 0 aromatic rings. The SMILES string of the molecule is CC(C)C1NCCC(=O)N1O. The zero-order valence-corrected chi connectivity index (χ0v) is 6.87. The molecule has 0 radical (unpaired) electrons. The van der Waals surface area contributed by atoms with Crippen LogP contribution in [0.3, 0.4) is 0 Å². The maximum Gasteiger partial charge on any atom is 0.248 e. The van der Waals surface area contributed by atoms with Crippen molar-refractivity contribution in [2.24, 2.45) is 5.92 Å². The van der Waals surface area contributed by atoms with E-state index in [-0.39, 0.29) is 18.0 Å². The summed E-state index contributed by atoms with van der Waals surface area (Å²) in [5, 5.41) is 13.1. The van der Waals surface area contributed by atoms with Gasteiger partial charge in [-0.1, -0.05) is 13.8 Å². The van der Waals surface area contributed by atoms with Crippen molar-refractivity contribution in [2.45, 2.75) is 26.4 Å². The second-order valence-corrected chi connectivity index (χ2v) is 3.13. The average molecular weight is 158 g/mol. The second-order valence-electron chi connectivity index (χ2n) is 3.13. The Kier molecular flexibility index (Phi) is 2.46. The molecule has 1 fully saturated rings. The van der Waals surface area contributed by atoms with Gasteiger partial charge in [-0.2, -0.15) is 0 Å². The molecule has 0 aromatic carbocycles. The number of hydrogen-bond acceptors (Lipinski definition) is 3. The fourth-order valence-electron chi connectivity index (χ4n) is 1.20. The highest BCUT2D eigenvalue weighted by Gasteiger charge is 2.28. The summed E-state index contributed by atoms with van der Waals surface area (Å²) in [5.41, 5.74) is 0. The molecule has 0 aromatic heterocycles. The molecule has 1 heterocycles. The Morgan fingerprint density at radius 3 is 2.82 bits per heavy atom. The van der Waals surface area contributed by atoms with Gasteiger partial charge in [0.1, 0.15) is 6.17 Å². The molecular formula is C7H14N2O2. The summed E-state index contributed by atoms with van der Waals surface area (Å²) < 4.78 is 0. The lowest BCUT2D eigenvalue weighted by Gasteiger charge is -2.33. The van der Waals surface area contributed by atoms with E-state index in [9.17, 15) is 10.0 Å². The van der Waals surface area contributed by atoms with Gasteiger partial charge in [0.05, 0.1) is 0 Å². The summed E-state index contributed by atoms with van der Waals surface area (Å²) >= 11 is 0. The number of hydroxylamine groups is 2. The Labute approximate surface area is 66.1 Å². The first kappa shape index (κ1) is 8.49. The Morgan fingerprint density at radius 1 is 1.73 bits per heavy atom. The van der Waals surface area contributed by atoms with E-state index >= 15 is 0 Å². The quantitative estimate of drug-likeness (QED) is 0.535. The van der Waals surface area contributed by atoms with Crippen LogP contribution in [0.2, 0.25) is 0 Å². The van der Waals surface area contributed by atoms with E-state index in [4.69, 9.17) is 0 Å². The number of rotatable bonds is 1. The number of amides is 1. The van der Waals surface area contributed by atoms with E-state index in [1.807, 2.05) is 13.8 Å². The van der Waals surface area contributed by atoms with Crippen LogP contribution in [0, 0.1) is 5.92 Å². The van der Waals surface area contributed by atoms with Crippen molar-refractivity contribution in [3.05, 3.63) is 0 Å².